The highest BCUT2D eigenvalue weighted by atomic mass is 16.5. The zero-order chi connectivity index (χ0) is 15.5. The van der Waals surface area contributed by atoms with Gasteiger partial charge in [0.25, 0.3) is 0 Å². The van der Waals surface area contributed by atoms with Crippen LogP contribution in [0.4, 0.5) is 5.69 Å². The van der Waals surface area contributed by atoms with Crippen LogP contribution in [0.5, 0.6) is 17.5 Å². The van der Waals surface area contributed by atoms with Crippen LogP contribution >= 0.6 is 0 Å². The molecule has 0 radical (unpaired) electrons. The molecule has 1 aliphatic heterocycles. The Hall–Kier alpha value is -2.52. The van der Waals surface area contributed by atoms with Crippen molar-refractivity contribution in [1.82, 2.24) is 4.98 Å². The van der Waals surface area contributed by atoms with E-state index in [4.69, 9.17) is 20.7 Å². The zero-order valence-corrected chi connectivity index (χ0v) is 12.5. The van der Waals surface area contributed by atoms with E-state index in [0.29, 0.717) is 36.4 Å². The summed E-state index contributed by atoms with van der Waals surface area (Å²) in [6, 6.07) is 9.19. The van der Waals surface area contributed by atoms with Crippen molar-refractivity contribution in [2.75, 3.05) is 6.61 Å². The van der Waals surface area contributed by atoms with Crippen LogP contribution < -0.4 is 14.9 Å². The summed E-state index contributed by atoms with van der Waals surface area (Å²) in [4.78, 5) is 7.63. The van der Waals surface area contributed by atoms with Gasteiger partial charge < -0.3 is 14.1 Å². The summed E-state index contributed by atoms with van der Waals surface area (Å²) in [6.45, 7) is 12.2. The summed E-state index contributed by atoms with van der Waals surface area (Å²) in [5.41, 5.74) is 2.71. The first-order valence-corrected chi connectivity index (χ1v) is 7.15. The standard InChI is InChI=1S/C16H15BN2O3/c1-4-20-16-14(18-3)7-8-15(19-16)22-12-5-6-13-11(9-12)10-21-17(13)2/h5-9H,4,10H2,1-2H3. The molecule has 0 fully saturated rings. The number of aromatic nitrogens is 1. The van der Waals surface area contributed by atoms with Crippen LogP contribution in [0, 0.1) is 6.57 Å². The van der Waals surface area contributed by atoms with Crippen molar-refractivity contribution in [2.45, 2.75) is 20.4 Å². The third-order valence-electron chi connectivity index (χ3n) is 3.48. The van der Waals surface area contributed by atoms with Crippen LogP contribution in [0.3, 0.4) is 0 Å². The van der Waals surface area contributed by atoms with Gasteiger partial charge in [-0.05, 0) is 42.2 Å². The van der Waals surface area contributed by atoms with Gasteiger partial charge in [0.2, 0.25) is 17.4 Å². The summed E-state index contributed by atoms with van der Waals surface area (Å²) >= 11 is 0. The van der Waals surface area contributed by atoms with Gasteiger partial charge >= 0.3 is 6.92 Å². The van der Waals surface area contributed by atoms with Gasteiger partial charge in [-0.3, -0.25) is 0 Å². The normalized spacial score (nSPS) is 12.7. The number of pyridine rings is 1. The van der Waals surface area contributed by atoms with Gasteiger partial charge in [0, 0.05) is 0 Å². The minimum atomic E-state index is 0.129. The second-order valence-corrected chi connectivity index (χ2v) is 4.93. The third kappa shape index (κ3) is 2.76. The molecule has 0 bridgehead atoms. The molecular formula is C16H15BN2O3. The van der Waals surface area contributed by atoms with Gasteiger partial charge in [0.1, 0.15) is 5.75 Å². The lowest BCUT2D eigenvalue weighted by molar-refractivity contribution is 0.323. The first kappa shape index (κ1) is 14.4. The Balaban J connectivity index is 1.84. The largest absolute Gasteiger partial charge is 0.487 e. The first-order valence-electron chi connectivity index (χ1n) is 7.15. The Bertz CT molecular complexity index is 743. The fraction of sp³-hybridized carbons (Fsp3) is 0.250. The minimum Gasteiger partial charge on any atom is -0.487 e. The Morgan fingerprint density at radius 3 is 3.00 bits per heavy atom. The lowest BCUT2D eigenvalue weighted by atomic mass is 9.64. The van der Waals surface area contributed by atoms with E-state index in [9.17, 15) is 0 Å². The van der Waals surface area contributed by atoms with E-state index in [-0.39, 0.29) is 6.92 Å². The van der Waals surface area contributed by atoms with Gasteiger partial charge in [-0.25, -0.2) is 4.85 Å². The molecule has 5 nitrogen and oxygen atoms in total. The number of nitrogens with zero attached hydrogens (tertiary/aromatic N) is 2. The summed E-state index contributed by atoms with van der Waals surface area (Å²) in [5.74, 6) is 1.40. The fourth-order valence-corrected chi connectivity index (χ4v) is 2.39. The van der Waals surface area contributed by atoms with Crippen molar-refractivity contribution in [3.63, 3.8) is 0 Å². The van der Waals surface area contributed by atoms with Gasteiger partial charge in [0.05, 0.1) is 19.8 Å². The average molecular weight is 294 g/mol. The number of benzene rings is 1. The Kier molecular flexibility index (Phi) is 3.99. The Labute approximate surface area is 129 Å². The second-order valence-electron chi connectivity index (χ2n) is 4.93. The van der Waals surface area contributed by atoms with Crippen LogP contribution in [-0.4, -0.2) is 18.5 Å². The van der Waals surface area contributed by atoms with E-state index in [1.54, 1.807) is 12.1 Å². The van der Waals surface area contributed by atoms with Crippen LogP contribution in [0.2, 0.25) is 6.82 Å². The highest BCUT2D eigenvalue weighted by Gasteiger charge is 2.23. The summed E-state index contributed by atoms with van der Waals surface area (Å²) in [7, 11) is 0. The lowest BCUT2D eigenvalue weighted by Crippen LogP contribution is -2.23. The highest BCUT2D eigenvalue weighted by Crippen LogP contribution is 2.30. The van der Waals surface area contributed by atoms with Crippen molar-refractivity contribution in [3.05, 3.63) is 47.3 Å². The Morgan fingerprint density at radius 1 is 1.36 bits per heavy atom. The van der Waals surface area contributed by atoms with Crippen LogP contribution in [0.25, 0.3) is 4.85 Å². The molecule has 0 unspecified atom stereocenters. The third-order valence-corrected chi connectivity index (χ3v) is 3.48. The second kappa shape index (κ2) is 6.08. The van der Waals surface area contributed by atoms with Crippen molar-refractivity contribution < 1.29 is 14.1 Å². The summed E-state index contributed by atoms with van der Waals surface area (Å²) in [5, 5.41) is 0. The molecule has 3 rings (SSSR count). The van der Waals surface area contributed by atoms with Gasteiger partial charge in [-0.2, -0.15) is 4.98 Å². The summed E-state index contributed by atoms with van der Waals surface area (Å²) < 4.78 is 16.7. The number of hydrogen-bond donors (Lipinski definition) is 0. The van der Waals surface area contributed by atoms with Gasteiger partial charge in [0.15, 0.2) is 0 Å². The molecule has 110 valence electrons. The minimum absolute atomic E-state index is 0.129. The predicted molar refractivity (Wildman–Crippen MR) is 84.2 cm³/mol. The van der Waals surface area contributed by atoms with Gasteiger partial charge in [-0.15, -0.1) is 0 Å². The molecule has 1 aromatic carbocycles. The molecule has 2 aromatic rings. The van der Waals surface area contributed by atoms with E-state index in [2.05, 4.69) is 9.83 Å². The molecule has 0 amide bonds. The number of ether oxygens (including phenoxy) is 2. The smallest absolute Gasteiger partial charge is 0.324 e. The monoisotopic (exact) mass is 294 g/mol. The SMILES string of the molecule is [C-]#[N+]c1ccc(Oc2ccc3c(c2)COB3C)nc1OCC. The molecule has 2 heterocycles. The molecule has 1 aliphatic rings. The maximum atomic E-state index is 7.11. The average Bonchev–Trinajstić information content (AvgIpc) is 2.89. The fourth-order valence-electron chi connectivity index (χ4n) is 2.39. The van der Waals surface area contributed by atoms with Crippen molar-refractivity contribution in [1.29, 1.82) is 0 Å². The molecule has 0 N–H and O–H groups in total. The topological polar surface area (TPSA) is 44.9 Å². The van der Waals surface area contributed by atoms with Crippen LogP contribution in [0.1, 0.15) is 12.5 Å². The highest BCUT2D eigenvalue weighted by molar-refractivity contribution is 6.67. The molecule has 0 saturated carbocycles. The number of hydrogen-bond acceptors (Lipinski definition) is 4. The van der Waals surface area contributed by atoms with Gasteiger partial charge in [-0.1, -0.05) is 12.9 Å². The molecule has 0 atom stereocenters. The van der Waals surface area contributed by atoms with E-state index in [0.717, 1.165) is 5.56 Å². The van der Waals surface area contributed by atoms with E-state index in [1.807, 2.05) is 31.9 Å². The molecule has 1 aromatic heterocycles. The molecule has 6 heteroatoms. The Morgan fingerprint density at radius 2 is 2.23 bits per heavy atom. The van der Waals surface area contributed by atoms with Crippen molar-refractivity contribution in [2.24, 2.45) is 0 Å². The molecule has 0 spiro atoms. The molecule has 0 aliphatic carbocycles. The number of rotatable bonds is 4. The first-order chi connectivity index (χ1) is 10.7. The number of fused-ring (bicyclic) bond motifs is 1. The maximum absolute atomic E-state index is 7.11. The lowest BCUT2D eigenvalue weighted by Gasteiger charge is -2.09. The van der Waals surface area contributed by atoms with E-state index < -0.39 is 0 Å². The quantitative estimate of drug-likeness (QED) is 0.641. The molecular weight excluding hydrogens is 279 g/mol. The van der Waals surface area contributed by atoms with Crippen molar-refractivity contribution >= 4 is 18.1 Å². The van der Waals surface area contributed by atoms with E-state index >= 15 is 0 Å². The molecule has 0 saturated heterocycles. The van der Waals surface area contributed by atoms with Crippen LogP contribution in [0.15, 0.2) is 30.3 Å². The van der Waals surface area contributed by atoms with Crippen LogP contribution in [-0.2, 0) is 11.3 Å². The summed E-state index contributed by atoms with van der Waals surface area (Å²) in [6.07, 6.45) is 0. The van der Waals surface area contributed by atoms with Crippen molar-refractivity contribution in [3.8, 4) is 17.5 Å². The molecule has 22 heavy (non-hydrogen) atoms. The van der Waals surface area contributed by atoms with E-state index in [1.165, 1.54) is 5.46 Å². The zero-order valence-electron chi connectivity index (χ0n) is 12.5. The maximum Gasteiger partial charge on any atom is 0.324 e. The predicted octanol–water partition coefficient (Wildman–Crippen LogP) is 3.18.